The number of fused-ring (bicyclic) bond motifs is 1. The Hall–Kier alpha value is -1.97. The van der Waals surface area contributed by atoms with Crippen LogP contribution in [0.4, 0.5) is 0 Å². The normalized spacial score (nSPS) is 10.4. The van der Waals surface area contributed by atoms with E-state index in [2.05, 4.69) is 0 Å². The molecule has 0 aliphatic rings. The molecule has 1 aromatic carbocycles. The lowest BCUT2D eigenvalue weighted by Gasteiger charge is -2.02. The SMILES string of the molecule is COn1ccc2ccc(C(=O)O)cc21. The Balaban J connectivity index is 2.67. The molecule has 0 fully saturated rings. The fourth-order valence-corrected chi connectivity index (χ4v) is 1.40. The Morgan fingerprint density at radius 2 is 2.21 bits per heavy atom. The number of hydrogen-bond acceptors (Lipinski definition) is 2. The maximum atomic E-state index is 10.7. The standard InChI is InChI=1S/C10H9NO3/c1-14-11-5-4-7-2-3-8(10(12)13)6-9(7)11/h2-6H,1H3,(H,12,13). The molecule has 0 spiro atoms. The van der Waals surface area contributed by atoms with Crippen LogP contribution in [0.25, 0.3) is 10.9 Å². The van der Waals surface area contributed by atoms with E-state index in [0.717, 1.165) is 10.9 Å². The summed E-state index contributed by atoms with van der Waals surface area (Å²) < 4.78 is 1.53. The van der Waals surface area contributed by atoms with Crippen molar-refractivity contribution in [3.63, 3.8) is 0 Å². The van der Waals surface area contributed by atoms with E-state index >= 15 is 0 Å². The summed E-state index contributed by atoms with van der Waals surface area (Å²) in [5.41, 5.74) is 1.02. The van der Waals surface area contributed by atoms with Gasteiger partial charge in [0.15, 0.2) is 0 Å². The second-order valence-electron chi connectivity index (χ2n) is 2.90. The van der Waals surface area contributed by atoms with Crippen molar-refractivity contribution in [3.05, 3.63) is 36.0 Å². The van der Waals surface area contributed by atoms with Crippen molar-refractivity contribution in [2.45, 2.75) is 0 Å². The smallest absolute Gasteiger partial charge is 0.335 e. The minimum atomic E-state index is -0.934. The Kier molecular flexibility index (Phi) is 1.89. The van der Waals surface area contributed by atoms with Crippen molar-refractivity contribution in [1.82, 2.24) is 4.73 Å². The summed E-state index contributed by atoms with van der Waals surface area (Å²) in [6, 6.07) is 6.78. The fraction of sp³-hybridized carbons (Fsp3) is 0.100. The molecule has 0 aliphatic carbocycles. The van der Waals surface area contributed by atoms with E-state index in [1.807, 2.05) is 6.07 Å². The number of carboxylic acids is 1. The number of carbonyl (C=O) groups is 1. The Labute approximate surface area is 80.3 Å². The third-order valence-corrected chi connectivity index (χ3v) is 2.10. The number of carboxylic acid groups (broad SMARTS) is 1. The summed E-state index contributed by atoms with van der Waals surface area (Å²) in [5, 5.41) is 9.75. The van der Waals surface area contributed by atoms with Gasteiger partial charge in [-0.1, -0.05) is 6.07 Å². The highest BCUT2D eigenvalue weighted by atomic mass is 16.6. The average molecular weight is 191 g/mol. The summed E-state index contributed by atoms with van der Waals surface area (Å²) in [4.78, 5) is 15.7. The van der Waals surface area contributed by atoms with Crippen molar-refractivity contribution < 1.29 is 14.7 Å². The quantitative estimate of drug-likeness (QED) is 0.780. The minimum Gasteiger partial charge on any atom is -0.478 e. The maximum absolute atomic E-state index is 10.7. The summed E-state index contributed by atoms with van der Waals surface area (Å²) >= 11 is 0. The van der Waals surface area contributed by atoms with Crippen LogP contribution in [0.1, 0.15) is 10.4 Å². The molecule has 0 saturated carbocycles. The number of aromatic carboxylic acids is 1. The number of benzene rings is 1. The molecule has 4 nitrogen and oxygen atoms in total. The average Bonchev–Trinajstić information content (AvgIpc) is 2.59. The number of aromatic nitrogens is 1. The van der Waals surface area contributed by atoms with Crippen LogP contribution in [0, 0.1) is 0 Å². The molecule has 4 heteroatoms. The van der Waals surface area contributed by atoms with E-state index in [0.29, 0.717) is 0 Å². The Morgan fingerprint density at radius 3 is 2.86 bits per heavy atom. The van der Waals surface area contributed by atoms with Crippen LogP contribution < -0.4 is 4.84 Å². The van der Waals surface area contributed by atoms with Crippen LogP contribution in [0.15, 0.2) is 30.5 Å². The highest BCUT2D eigenvalue weighted by Crippen LogP contribution is 2.16. The van der Waals surface area contributed by atoms with Gasteiger partial charge >= 0.3 is 5.97 Å². The summed E-state index contributed by atoms with van der Waals surface area (Å²) in [6.45, 7) is 0. The molecule has 1 N–H and O–H groups in total. The van der Waals surface area contributed by atoms with E-state index in [9.17, 15) is 4.79 Å². The lowest BCUT2D eigenvalue weighted by atomic mass is 10.2. The largest absolute Gasteiger partial charge is 0.478 e. The molecule has 1 heterocycles. The van der Waals surface area contributed by atoms with Crippen molar-refractivity contribution >= 4 is 16.9 Å². The molecule has 0 aliphatic heterocycles. The van der Waals surface area contributed by atoms with E-state index in [1.54, 1.807) is 24.4 Å². The Morgan fingerprint density at radius 1 is 1.43 bits per heavy atom. The van der Waals surface area contributed by atoms with Crippen LogP contribution in [0.3, 0.4) is 0 Å². The molecule has 72 valence electrons. The highest BCUT2D eigenvalue weighted by Gasteiger charge is 2.06. The van der Waals surface area contributed by atoms with Gasteiger partial charge in [0.05, 0.1) is 11.1 Å². The van der Waals surface area contributed by atoms with Crippen molar-refractivity contribution in [2.24, 2.45) is 0 Å². The first-order valence-corrected chi connectivity index (χ1v) is 4.11. The summed E-state index contributed by atoms with van der Waals surface area (Å²) in [6.07, 6.45) is 1.75. The van der Waals surface area contributed by atoms with Crippen LogP contribution in [0.2, 0.25) is 0 Å². The lowest BCUT2D eigenvalue weighted by molar-refractivity contribution is 0.0697. The molecule has 0 amide bonds. The van der Waals surface area contributed by atoms with Gasteiger partial charge in [-0.15, -0.1) is 0 Å². The molecule has 0 bridgehead atoms. The zero-order chi connectivity index (χ0) is 10.1. The fourth-order valence-electron chi connectivity index (χ4n) is 1.40. The second kappa shape index (κ2) is 3.06. The van der Waals surface area contributed by atoms with E-state index in [1.165, 1.54) is 11.8 Å². The maximum Gasteiger partial charge on any atom is 0.335 e. The van der Waals surface area contributed by atoms with Crippen molar-refractivity contribution in [2.75, 3.05) is 7.11 Å². The zero-order valence-electron chi connectivity index (χ0n) is 7.60. The third kappa shape index (κ3) is 1.21. The minimum absolute atomic E-state index is 0.259. The first kappa shape index (κ1) is 8.62. The van der Waals surface area contributed by atoms with Crippen molar-refractivity contribution in [1.29, 1.82) is 0 Å². The van der Waals surface area contributed by atoms with Crippen LogP contribution in [0.5, 0.6) is 0 Å². The molecule has 0 unspecified atom stereocenters. The predicted molar refractivity (Wildman–Crippen MR) is 51.4 cm³/mol. The van der Waals surface area contributed by atoms with Gasteiger partial charge in [0.25, 0.3) is 0 Å². The monoisotopic (exact) mass is 191 g/mol. The zero-order valence-corrected chi connectivity index (χ0v) is 7.60. The van der Waals surface area contributed by atoms with Crippen LogP contribution >= 0.6 is 0 Å². The predicted octanol–water partition coefficient (Wildman–Crippen LogP) is 1.40. The van der Waals surface area contributed by atoms with Gasteiger partial charge in [0, 0.05) is 11.6 Å². The highest BCUT2D eigenvalue weighted by molar-refractivity contribution is 5.93. The van der Waals surface area contributed by atoms with Gasteiger partial charge in [0.1, 0.15) is 7.11 Å². The first-order valence-electron chi connectivity index (χ1n) is 4.11. The number of rotatable bonds is 2. The van der Waals surface area contributed by atoms with Crippen LogP contribution in [-0.2, 0) is 0 Å². The van der Waals surface area contributed by atoms with E-state index in [4.69, 9.17) is 9.94 Å². The van der Waals surface area contributed by atoms with Gasteiger partial charge in [-0.05, 0) is 18.2 Å². The van der Waals surface area contributed by atoms with Gasteiger partial charge in [0.2, 0.25) is 0 Å². The molecule has 0 atom stereocenters. The topological polar surface area (TPSA) is 51.5 Å². The van der Waals surface area contributed by atoms with Gasteiger partial charge < -0.3 is 9.94 Å². The van der Waals surface area contributed by atoms with Gasteiger partial charge in [-0.2, -0.15) is 4.73 Å². The summed E-state index contributed by atoms with van der Waals surface area (Å²) in [5.74, 6) is -0.934. The van der Waals surface area contributed by atoms with Gasteiger partial charge in [-0.3, -0.25) is 0 Å². The van der Waals surface area contributed by atoms with E-state index in [-0.39, 0.29) is 5.56 Å². The first-order chi connectivity index (χ1) is 6.72. The summed E-state index contributed by atoms with van der Waals surface area (Å²) in [7, 11) is 1.53. The molecule has 0 saturated heterocycles. The number of hydrogen-bond donors (Lipinski definition) is 1. The second-order valence-corrected chi connectivity index (χ2v) is 2.90. The van der Waals surface area contributed by atoms with Crippen molar-refractivity contribution in [3.8, 4) is 0 Å². The Bertz CT molecular complexity index is 487. The lowest BCUT2D eigenvalue weighted by Crippen LogP contribution is -2.04. The number of nitrogens with zero attached hydrogens (tertiary/aromatic N) is 1. The molecule has 2 rings (SSSR count). The third-order valence-electron chi connectivity index (χ3n) is 2.10. The molecule has 0 radical (unpaired) electrons. The molecule has 2 aromatic rings. The van der Waals surface area contributed by atoms with Gasteiger partial charge in [-0.25, -0.2) is 4.79 Å². The molecule has 14 heavy (non-hydrogen) atoms. The van der Waals surface area contributed by atoms with Crippen LogP contribution in [-0.4, -0.2) is 22.9 Å². The molecular weight excluding hydrogens is 182 g/mol. The molecular formula is C10H9NO3. The van der Waals surface area contributed by atoms with E-state index < -0.39 is 5.97 Å². The molecule has 1 aromatic heterocycles.